The van der Waals surface area contributed by atoms with Gasteiger partial charge in [0.25, 0.3) is 0 Å². The summed E-state index contributed by atoms with van der Waals surface area (Å²) in [6.07, 6.45) is 4.45. The minimum Gasteiger partial charge on any atom is -0.480 e. The fourth-order valence-corrected chi connectivity index (χ4v) is 4.51. The summed E-state index contributed by atoms with van der Waals surface area (Å²) in [5, 5.41) is 15.0. The van der Waals surface area contributed by atoms with Crippen molar-refractivity contribution in [3.05, 3.63) is 35.9 Å². The zero-order valence-electron chi connectivity index (χ0n) is 21.4. The van der Waals surface area contributed by atoms with Crippen LogP contribution < -0.4 is 27.8 Å². The summed E-state index contributed by atoms with van der Waals surface area (Å²) in [7, 11) is 0. The number of likely N-dealkylation sites (tertiary alicyclic amines) is 1. The Morgan fingerprint density at radius 3 is 2.11 bits per heavy atom. The molecule has 0 aliphatic carbocycles. The predicted molar refractivity (Wildman–Crippen MR) is 140 cm³/mol. The second kappa shape index (κ2) is 16.0. The van der Waals surface area contributed by atoms with Crippen LogP contribution in [0.25, 0.3) is 0 Å². The number of unbranched alkanes of at least 4 members (excludes halogenated alkanes) is 2. The van der Waals surface area contributed by atoms with E-state index in [1.165, 1.54) is 4.90 Å². The van der Waals surface area contributed by atoms with Gasteiger partial charge < -0.3 is 37.8 Å². The first-order chi connectivity index (χ1) is 17.8. The molecule has 1 heterocycles. The summed E-state index contributed by atoms with van der Waals surface area (Å²) in [5.41, 5.74) is 18.2. The standard InChI is InChI=1S/C26H42N6O5/c27-14-6-4-11-20(30-23(33)19(29)17-18-9-2-1-3-10-18)24(34)31-21(12-5-7-15-28)25(35)32-16-8-13-22(32)26(36)37/h1-3,9-10,19-22H,4-8,11-17,27-29H2,(H,30,33)(H,31,34)(H,36,37). The van der Waals surface area contributed by atoms with E-state index in [1.807, 2.05) is 30.3 Å². The number of amides is 3. The lowest BCUT2D eigenvalue weighted by atomic mass is 10.0. The van der Waals surface area contributed by atoms with Crippen LogP contribution in [0, 0.1) is 0 Å². The molecule has 0 saturated carbocycles. The molecule has 1 aliphatic heterocycles. The lowest BCUT2D eigenvalue weighted by molar-refractivity contribution is -0.149. The largest absolute Gasteiger partial charge is 0.480 e. The van der Waals surface area contributed by atoms with Crippen LogP contribution in [0.1, 0.15) is 56.9 Å². The van der Waals surface area contributed by atoms with Crippen LogP contribution in [-0.4, -0.2) is 77.5 Å². The van der Waals surface area contributed by atoms with Crippen molar-refractivity contribution in [1.29, 1.82) is 0 Å². The van der Waals surface area contributed by atoms with Crippen molar-refractivity contribution in [3.63, 3.8) is 0 Å². The Hall–Kier alpha value is -3.02. The molecule has 11 heteroatoms. The molecule has 3 amide bonds. The summed E-state index contributed by atoms with van der Waals surface area (Å²) in [6, 6.07) is 5.77. The van der Waals surface area contributed by atoms with Gasteiger partial charge in [-0.2, -0.15) is 0 Å². The number of hydrogen-bond donors (Lipinski definition) is 6. The molecular formula is C26H42N6O5. The number of carbonyl (C=O) groups excluding carboxylic acids is 3. The van der Waals surface area contributed by atoms with Gasteiger partial charge in [0.2, 0.25) is 17.7 Å². The molecule has 1 aliphatic rings. The number of carboxylic acid groups (broad SMARTS) is 1. The summed E-state index contributed by atoms with van der Waals surface area (Å²) < 4.78 is 0. The normalized spacial score (nSPS) is 17.6. The van der Waals surface area contributed by atoms with E-state index in [4.69, 9.17) is 17.2 Å². The molecule has 11 nitrogen and oxygen atoms in total. The van der Waals surface area contributed by atoms with Crippen molar-refractivity contribution in [3.8, 4) is 0 Å². The maximum absolute atomic E-state index is 13.3. The molecule has 0 spiro atoms. The first kappa shape index (κ1) is 30.2. The highest BCUT2D eigenvalue weighted by atomic mass is 16.4. The third kappa shape index (κ3) is 9.75. The van der Waals surface area contributed by atoms with Gasteiger partial charge in [0.15, 0.2) is 0 Å². The number of hydrogen-bond acceptors (Lipinski definition) is 7. The van der Waals surface area contributed by atoms with Crippen molar-refractivity contribution in [2.24, 2.45) is 17.2 Å². The van der Waals surface area contributed by atoms with Gasteiger partial charge in [0.05, 0.1) is 6.04 Å². The maximum Gasteiger partial charge on any atom is 0.326 e. The highest BCUT2D eigenvalue weighted by molar-refractivity contribution is 5.94. The molecule has 206 valence electrons. The Morgan fingerprint density at radius 2 is 1.51 bits per heavy atom. The highest BCUT2D eigenvalue weighted by Gasteiger charge is 2.38. The topological polar surface area (TPSA) is 194 Å². The quantitative estimate of drug-likeness (QED) is 0.163. The minimum absolute atomic E-state index is 0.315. The summed E-state index contributed by atoms with van der Waals surface area (Å²) in [6.45, 7) is 1.21. The van der Waals surface area contributed by atoms with E-state index >= 15 is 0 Å². The number of carboxylic acids is 1. The first-order valence-electron chi connectivity index (χ1n) is 13.1. The molecule has 2 rings (SSSR count). The molecular weight excluding hydrogens is 476 g/mol. The molecule has 1 saturated heterocycles. The van der Waals surface area contributed by atoms with Gasteiger partial charge in [0, 0.05) is 6.54 Å². The third-order valence-corrected chi connectivity index (χ3v) is 6.60. The number of aliphatic carboxylic acids is 1. The molecule has 0 aromatic heterocycles. The van der Waals surface area contributed by atoms with Crippen LogP contribution in [0.4, 0.5) is 0 Å². The molecule has 9 N–H and O–H groups in total. The van der Waals surface area contributed by atoms with Gasteiger partial charge in [-0.25, -0.2) is 4.79 Å². The Bertz CT molecular complexity index is 883. The van der Waals surface area contributed by atoms with Gasteiger partial charge in [-0.05, 0) is 76.4 Å². The third-order valence-electron chi connectivity index (χ3n) is 6.60. The first-order valence-corrected chi connectivity index (χ1v) is 13.1. The van der Waals surface area contributed by atoms with Crippen LogP contribution in [-0.2, 0) is 25.6 Å². The van der Waals surface area contributed by atoms with Crippen LogP contribution in [0.3, 0.4) is 0 Å². The van der Waals surface area contributed by atoms with E-state index in [0.717, 1.165) is 5.56 Å². The van der Waals surface area contributed by atoms with Crippen molar-refractivity contribution in [2.45, 2.75) is 82.0 Å². The smallest absolute Gasteiger partial charge is 0.326 e. The van der Waals surface area contributed by atoms with E-state index < -0.39 is 47.9 Å². The van der Waals surface area contributed by atoms with E-state index in [1.54, 1.807) is 0 Å². The van der Waals surface area contributed by atoms with Crippen LogP contribution in [0.2, 0.25) is 0 Å². The van der Waals surface area contributed by atoms with Crippen molar-refractivity contribution in [2.75, 3.05) is 19.6 Å². The Morgan fingerprint density at radius 1 is 0.919 bits per heavy atom. The van der Waals surface area contributed by atoms with Crippen LogP contribution >= 0.6 is 0 Å². The average molecular weight is 519 g/mol. The molecule has 1 fully saturated rings. The molecule has 0 bridgehead atoms. The maximum atomic E-state index is 13.3. The van der Waals surface area contributed by atoms with Gasteiger partial charge in [-0.3, -0.25) is 14.4 Å². The summed E-state index contributed by atoms with van der Waals surface area (Å²) in [5.74, 6) is -2.46. The Balaban J connectivity index is 2.12. The fourth-order valence-electron chi connectivity index (χ4n) is 4.51. The minimum atomic E-state index is -1.06. The number of nitrogens with two attached hydrogens (primary N) is 3. The number of rotatable bonds is 16. The molecule has 1 aromatic carbocycles. The van der Waals surface area contributed by atoms with E-state index in [9.17, 15) is 24.3 Å². The molecule has 4 atom stereocenters. The summed E-state index contributed by atoms with van der Waals surface area (Å²) >= 11 is 0. The van der Waals surface area contributed by atoms with Crippen molar-refractivity contribution >= 4 is 23.7 Å². The predicted octanol–water partition coefficient (Wildman–Crippen LogP) is -0.140. The molecule has 1 aromatic rings. The highest BCUT2D eigenvalue weighted by Crippen LogP contribution is 2.20. The number of carbonyl (C=O) groups is 4. The number of benzene rings is 1. The molecule has 37 heavy (non-hydrogen) atoms. The van der Waals surface area contributed by atoms with Gasteiger partial charge >= 0.3 is 5.97 Å². The SMILES string of the molecule is NCCCCC(NC(=O)C(N)Cc1ccccc1)C(=O)NC(CCCCN)C(=O)N1CCCC1C(=O)O. The molecule has 4 unspecified atom stereocenters. The summed E-state index contributed by atoms with van der Waals surface area (Å²) in [4.78, 5) is 52.4. The number of nitrogens with zero attached hydrogens (tertiary/aromatic N) is 1. The van der Waals surface area contributed by atoms with Crippen LogP contribution in [0.5, 0.6) is 0 Å². The van der Waals surface area contributed by atoms with Crippen LogP contribution in [0.15, 0.2) is 30.3 Å². The van der Waals surface area contributed by atoms with E-state index in [0.29, 0.717) is 77.4 Å². The zero-order chi connectivity index (χ0) is 27.2. The Kier molecular flexibility index (Phi) is 13.0. The lowest BCUT2D eigenvalue weighted by Crippen LogP contribution is -2.57. The Labute approximate surface area is 218 Å². The van der Waals surface area contributed by atoms with Gasteiger partial charge in [-0.15, -0.1) is 0 Å². The van der Waals surface area contributed by atoms with Crippen molar-refractivity contribution in [1.82, 2.24) is 15.5 Å². The zero-order valence-corrected chi connectivity index (χ0v) is 21.4. The fraction of sp³-hybridized carbons (Fsp3) is 0.615. The van der Waals surface area contributed by atoms with Gasteiger partial charge in [0.1, 0.15) is 18.1 Å². The van der Waals surface area contributed by atoms with E-state index in [2.05, 4.69) is 10.6 Å². The van der Waals surface area contributed by atoms with Crippen molar-refractivity contribution < 1.29 is 24.3 Å². The second-order valence-corrected chi connectivity index (χ2v) is 9.52. The molecule has 0 radical (unpaired) electrons. The number of nitrogens with one attached hydrogen (secondary N) is 2. The monoisotopic (exact) mass is 518 g/mol. The second-order valence-electron chi connectivity index (χ2n) is 9.52. The lowest BCUT2D eigenvalue weighted by Gasteiger charge is -2.29. The average Bonchev–Trinajstić information content (AvgIpc) is 3.38. The van der Waals surface area contributed by atoms with E-state index in [-0.39, 0.29) is 0 Å². The van der Waals surface area contributed by atoms with Gasteiger partial charge in [-0.1, -0.05) is 30.3 Å².